The summed E-state index contributed by atoms with van der Waals surface area (Å²) in [6, 6.07) is 19.8. The van der Waals surface area contributed by atoms with Crippen LogP contribution in [0.2, 0.25) is 0 Å². The standard InChI is InChI=1S/C23H24N4OS/c24-16-19-5-4-8-22(15-19)28-14-13-26-9-11-27(12-10-26)17-21-18-29-23(25-21)20-6-2-1-3-7-20/h1-8,15,18H,9-14,17H2. The van der Waals surface area contributed by atoms with Gasteiger partial charge in [-0.05, 0) is 18.2 Å². The second kappa shape index (κ2) is 9.66. The van der Waals surface area contributed by atoms with Gasteiger partial charge in [0.05, 0.1) is 17.3 Å². The molecule has 1 aliphatic heterocycles. The van der Waals surface area contributed by atoms with Gasteiger partial charge in [-0.2, -0.15) is 5.26 Å². The van der Waals surface area contributed by atoms with Gasteiger partial charge in [-0.25, -0.2) is 4.98 Å². The predicted octanol–water partition coefficient (Wildman–Crippen LogP) is 3.88. The number of nitrogens with zero attached hydrogens (tertiary/aromatic N) is 4. The highest BCUT2D eigenvalue weighted by molar-refractivity contribution is 7.13. The Hall–Kier alpha value is -2.72. The van der Waals surface area contributed by atoms with Crippen molar-refractivity contribution in [1.82, 2.24) is 14.8 Å². The second-order valence-corrected chi connectivity index (χ2v) is 7.97. The minimum atomic E-state index is 0.633. The van der Waals surface area contributed by atoms with Crippen molar-refractivity contribution in [1.29, 1.82) is 5.26 Å². The summed E-state index contributed by atoms with van der Waals surface area (Å²) in [7, 11) is 0. The van der Waals surface area contributed by atoms with Gasteiger partial charge in [0, 0.05) is 50.2 Å². The fraction of sp³-hybridized carbons (Fsp3) is 0.304. The Morgan fingerprint density at radius 1 is 1.00 bits per heavy atom. The lowest BCUT2D eigenvalue weighted by Crippen LogP contribution is -2.47. The Bertz CT molecular complexity index is 958. The van der Waals surface area contributed by atoms with E-state index in [1.165, 1.54) is 5.56 Å². The molecule has 0 atom stereocenters. The molecule has 0 bridgehead atoms. The molecule has 2 heterocycles. The summed E-state index contributed by atoms with van der Waals surface area (Å²) in [5, 5.41) is 12.2. The number of piperazine rings is 1. The minimum Gasteiger partial charge on any atom is -0.492 e. The molecule has 1 saturated heterocycles. The number of thiazole rings is 1. The fourth-order valence-electron chi connectivity index (χ4n) is 3.44. The Balaban J connectivity index is 1.20. The van der Waals surface area contributed by atoms with Crippen LogP contribution in [0.25, 0.3) is 10.6 Å². The maximum absolute atomic E-state index is 8.96. The smallest absolute Gasteiger partial charge is 0.123 e. The van der Waals surface area contributed by atoms with Gasteiger partial charge in [0.25, 0.3) is 0 Å². The maximum Gasteiger partial charge on any atom is 0.123 e. The highest BCUT2D eigenvalue weighted by Gasteiger charge is 2.18. The lowest BCUT2D eigenvalue weighted by atomic mass is 10.2. The molecule has 1 aliphatic rings. The van der Waals surface area contributed by atoms with E-state index in [0.29, 0.717) is 12.2 Å². The van der Waals surface area contributed by atoms with E-state index in [1.54, 1.807) is 23.5 Å². The quantitative estimate of drug-likeness (QED) is 0.598. The van der Waals surface area contributed by atoms with Gasteiger partial charge in [-0.3, -0.25) is 9.80 Å². The van der Waals surface area contributed by atoms with Crippen molar-refractivity contribution < 1.29 is 4.74 Å². The van der Waals surface area contributed by atoms with Gasteiger partial charge in [0.2, 0.25) is 0 Å². The normalized spacial score (nSPS) is 15.1. The van der Waals surface area contributed by atoms with Crippen LogP contribution in [0.15, 0.2) is 60.0 Å². The third kappa shape index (κ3) is 5.42. The van der Waals surface area contributed by atoms with Crippen molar-refractivity contribution in [3.8, 4) is 22.4 Å². The average molecular weight is 405 g/mol. The van der Waals surface area contributed by atoms with Crippen LogP contribution in [0.5, 0.6) is 5.75 Å². The summed E-state index contributed by atoms with van der Waals surface area (Å²) >= 11 is 1.72. The summed E-state index contributed by atoms with van der Waals surface area (Å²) in [6.07, 6.45) is 0. The third-order valence-electron chi connectivity index (χ3n) is 5.06. The summed E-state index contributed by atoms with van der Waals surface area (Å²) in [6.45, 7) is 6.62. The van der Waals surface area contributed by atoms with Crippen LogP contribution in [-0.4, -0.2) is 54.1 Å². The molecule has 0 saturated carbocycles. The summed E-state index contributed by atoms with van der Waals surface area (Å²) in [5.74, 6) is 0.764. The summed E-state index contributed by atoms with van der Waals surface area (Å²) < 4.78 is 5.80. The first-order valence-corrected chi connectivity index (χ1v) is 10.8. The Morgan fingerprint density at radius 2 is 1.79 bits per heavy atom. The summed E-state index contributed by atoms with van der Waals surface area (Å²) in [4.78, 5) is 9.71. The van der Waals surface area contributed by atoms with Gasteiger partial charge in [0.1, 0.15) is 17.4 Å². The predicted molar refractivity (Wildman–Crippen MR) is 116 cm³/mol. The van der Waals surface area contributed by atoms with Crippen LogP contribution in [0.1, 0.15) is 11.3 Å². The highest BCUT2D eigenvalue weighted by Crippen LogP contribution is 2.24. The maximum atomic E-state index is 8.96. The van der Waals surface area contributed by atoms with E-state index in [1.807, 2.05) is 18.2 Å². The lowest BCUT2D eigenvalue weighted by Gasteiger charge is -2.34. The molecule has 0 spiro atoms. The van der Waals surface area contributed by atoms with E-state index in [9.17, 15) is 0 Å². The largest absolute Gasteiger partial charge is 0.492 e. The zero-order valence-corrected chi connectivity index (χ0v) is 17.1. The third-order valence-corrected chi connectivity index (χ3v) is 6.00. The number of rotatable bonds is 7. The molecule has 3 aromatic rings. The van der Waals surface area contributed by atoms with Crippen molar-refractivity contribution in [3.05, 3.63) is 71.2 Å². The van der Waals surface area contributed by atoms with Crippen LogP contribution >= 0.6 is 11.3 Å². The van der Waals surface area contributed by atoms with Crippen molar-refractivity contribution >= 4 is 11.3 Å². The topological polar surface area (TPSA) is 52.4 Å². The van der Waals surface area contributed by atoms with Gasteiger partial charge in [-0.15, -0.1) is 11.3 Å². The first kappa shape index (κ1) is 19.6. The zero-order chi connectivity index (χ0) is 19.9. The minimum absolute atomic E-state index is 0.633. The van der Waals surface area contributed by atoms with Gasteiger partial charge < -0.3 is 4.74 Å². The van der Waals surface area contributed by atoms with Crippen LogP contribution in [-0.2, 0) is 6.54 Å². The van der Waals surface area contributed by atoms with Crippen LogP contribution in [0.3, 0.4) is 0 Å². The van der Waals surface area contributed by atoms with Gasteiger partial charge in [-0.1, -0.05) is 36.4 Å². The molecule has 4 rings (SSSR count). The summed E-state index contributed by atoms with van der Waals surface area (Å²) in [5.41, 5.74) is 2.98. The van der Waals surface area contributed by atoms with Crippen LogP contribution in [0, 0.1) is 11.3 Å². The van der Waals surface area contributed by atoms with Crippen LogP contribution in [0.4, 0.5) is 0 Å². The molecule has 0 unspecified atom stereocenters. The Morgan fingerprint density at radius 3 is 2.59 bits per heavy atom. The molecule has 6 heteroatoms. The first-order valence-electron chi connectivity index (χ1n) is 9.88. The second-order valence-electron chi connectivity index (χ2n) is 7.12. The number of hydrogen-bond acceptors (Lipinski definition) is 6. The van der Waals surface area contributed by atoms with E-state index in [0.717, 1.165) is 55.7 Å². The number of benzene rings is 2. The molecular formula is C23H24N4OS. The SMILES string of the molecule is N#Cc1cccc(OCCN2CCN(Cc3csc(-c4ccccc4)n3)CC2)c1. The van der Waals surface area contributed by atoms with E-state index in [-0.39, 0.29) is 0 Å². The molecule has 148 valence electrons. The van der Waals surface area contributed by atoms with Gasteiger partial charge >= 0.3 is 0 Å². The Labute approximate surface area is 175 Å². The molecule has 0 aliphatic carbocycles. The molecule has 0 radical (unpaired) electrons. The highest BCUT2D eigenvalue weighted by atomic mass is 32.1. The van der Waals surface area contributed by atoms with Crippen LogP contribution < -0.4 is 4.74 Å². The van der Waals surface area contributed by atoms with Crippen molar-refractivity contribution in [2.45, 2.75) is 6.54 Å². The van der Waals surface area contributed by atoms with Gasteiger partial charge in [0.15, 0.2) is 0 Å². The molecule has 1 fully saturated rings. The number of aromatic nitrogens is 1. The molecule has 0 N–H and O–H groups in total. The molecule has 0 amide bonds. The lowest BCUT2D eigenvalue weighted by molar-refractivity contribution is 0.112. The molecule has 5 nitrogen and oxygen atoms in total. The first-order chi connectivity index (χ1) is 14.3. The molecule has 1 aromatic heterocycles. The monoisotopic (exact) mass is 404 g/mol. The van der Waals surface area contributed by atoms with E-state index >= 15 is 0 Å². The molecular weight excluding hydrogens is 380 g/mol. The van der Waals surface area contributed by atoms with Crippen molar-refractivity contribution in [2.75, 3.05) is 39.3 Å². The zero-order valence-electron chi connectivity index (χ0n) is 16.3. The molecule has 29 heavy (non-hydrogen) atoms. The van der Waals surface area contributed by atoms with E-state index < -0.39 is 0 Å². The number of nitriles is 1. The Kier molecular flexibility index (Phi) is 6.52. The average Bonchev–Trinajstić information content (AvgIpc) is 3.24. The van der Waals surface area contributed by atoms with Crippen molar-refractivity contribution in [3.63, 3.8) is 0 Å². The number of ether oxygens (including phenoxy) is 1. The van der Waals surface area contributed by atoms with E-state index in [4.69, 9.17) is 15.0 Å². The fourth-order valence-corrected chi connectivity index (χ4v) is 4.26. The number of hydrogen-bond donors (Lipinski definition) is 0. The van der Waals surface area contributed by atoms with Crippen molar-refractivity contribution in [2.24, 2.45) is 0 Å². The van der Waals surface area contributed by atoms with E-state index in [2.05, 4.69) is 45.5 Å². The molecule has 2 aromatic carbocycles.